The molecule has 0 aliphatic carbocycles. The molecule has 0 heterocycles. The molecule has 1 aromatic rings. The van der Waals surface area contributed by atoms with Crippen LogP contribution in [0.2, 0.25) is 0 Å². The smallest absolute Gasteiger partial charge is 0.269 e. The average Bonchev–Trinajstić information content (AvgIpc) is 2.28. The predicted octanol–water partition coefficient (Wildman–Crippen LogP) is 1.60. The van der Waals surface area contributed by atoms with E-state index in [1.165, 1.54) is 24.3 Å². The van der Waals surface area contributed by atoms with Crippen molar-refractivity contribution in [1.29, 1.82) is 0 Å². The van der Waals surface area contributed by atoms with Gasteiger partial charge in [0.1, 0.15) is 5.75 Å². The number of hydrogen-bond acceptors (Lipinski definition) is 5. The van der Waals surface area contributed by atoms with Crippen molar-refractivity contribution in [3.63, 3.8) is 0 Å². The van der Waals surface area contributed by atoms with E-state index in [2.05, 4.69) is 0 Å². The van der Waals surface area contributed by atoms with E-state index in [9.17, 15) is 23.3 Å². The third kappa shape index (κ3) is 3.92. The largest absolute Gasteiger partial charge is 0.293 e. The summed E-state index contributed by atoms with van der Waals surface area (Å²) in [7, 11) is -3.39. The minimum Gasteiger partial charge on any atom is -0.293 e. The maximum absolute atomic E-state index is 11.7. The van der Waals surface area contributed by atoms with Crippen LogP contribution in [0.1, 0.15) is 23.7 Å². The molecule has 1 rings (SSSR count). The van der Waals surface area contributed by atoms with E-state index < -0.39 is 26.3 Å². The second-order valence-corrected chi connectivity index (χ2v) is 6.00. The molecule has 0 saturated carbocycles. The van der Waals surface area contributed by atoms with Gasteiger partial charge >= 0.3 is 0 Å². The van der Waals surface area contributed by atoms with E-state index >= 15 is 0 Å². The topological polar surface area (TPSA) is 94.3 Å². The molecule has 0 fully saturated rings. The second-order valence-electron chi connectivity index (χ2n) is 3.82. The number of sulfone groups is 1. The fourth-order valence-electron chi connectivity index (χ4n) is 1.44. The van der Waals surface area contributed by atoms with Gasteiger partial charge in [-0.3, -0.25) is 14.9 Å². The van der Waals surface area contributed by atoms with Crippen molar-refractivity contribution in [2.75, 3.05) is 11.5 Å². The van der Waals surface area contributed by atoms with E-state index in [0.717, 1.165) is 0 Å². The number of benzene rings is 1. The van der Waals surface area contributed by atoms with Crippen molar-refractivity contribution in [3.8, 4) is 0 Å². The average molecular weight is 271 g/mol. The predicted molar refractivity (Wildman–Crippen MR) is 66.4 cm³/mol. The van der Waals surface area contributed by atoms with Gasteiger partial charge < -0.3 is 0 Å². The van der Waals surface area contributed by atoms with E-state index in [-0.39, 0.29) is 17.0 Å². The summed E-state index contributed by atoms with van der Waals surface area (Å²) in [4.78, 5) is 21.5. The molecule has 0 N–H and O–H groups in total. The van der Waals surface area contributed by atoms with Crippen LogP contribution in [-0.4, -0.2) is 30.6 Å². The molecule has 18 heavy (non-hydrogen) atoms. The highest BCUT2D eigenvalue weighted by atomic mass is 32.2. The Morgan fingerprint density at radius 2 is 1.83 bits per heavy atom. The Hall–Kier alpha value is -1.76. The third-order valence-corrected chi connectivity index (χ3v) is 4.00. The number of carbonyl (C=O) groups excluding carboxylic acids is 1. The molecule has 6 nitrogen and oxygen atoms in total. The van der Waals surface area contributed by atoms with Crippen LogP contribution in [0.5, 0.6) is 0 Å². The van der Waals surface area contributed by atoms with Crippen LogP contribution in [-0.2, 0) is 9.84 Å². The SMILES string of the molecule is CCCS(=O)(=O)CC(=O)c1ccc([N+](=O)[O-])cc1. The van der Waals surface area contributed by atoms with Gasteiger partial charge in [-0.05, 0) is 18.6 Å². The van der Waals surface area contributed by atoms with Crippen molar-refractivity contribution in [3.05, 3.63) is 39.9 Å². The first-order valence-electron chi connectivity index (χ1n) is 5.34. The zero-order valence-electron chi connectivity index (χ0n) is 9.83. The minimum absolute atomic E-state index is 0.0360. The molecule has 98 valence electrons. The number of nitro benzene ring substituents is 1. The first-order valence-corrected chi connectivity index (χ1v) is 7.16. The van der Waals surface area contributed by atoms with E-state index in [1.54, 1.807) is 6.92 Å². The van der Waals surface area contributed by atoms with Gasteiger partial charge in [-0.2, -0.15) is 0 Å². The van der Waals surface area contributed by atoms with Crippen molar-refractivity contribution in [2.24, 2.45) is 0 Å². The van der Waals surface area contributed by atoms with Crippen molar-refractivity contribution < 1.29 is 18.1 Å². The lowest BCUT2D eigenvalue weighted by atomic mass is 10.1. The number of rotatable bonds is 6. The Morgan fingerprint density at radius 1 is 1.28 bits per heavy atom. The van der Waals surface area contributed by atoms with Crippen LogP contribution < -0.4 is 0 Å². The van der Waals surface area contributed by atoms with E-state index in [0.29, 0.717) is 6.42 Å². The number of nitro groups is 1. The number of Topliss-reactive ketones (excluding diaryl/α,β-unsaturated/α-hetero) is 1. The Morgan fingerprint density at radius 3 is 2.28 bits per heavy atom. The summed E-state index contributed by atoms with van der Waals surface area (Å²) in [6.45, 7) is 1.72. The standard InChI is InChI=1S/C11H13NO5S/c1-2-7-18(16,17)8-11(13)9-3-5-10(6-4-9)12(14)15/h3-6H,2,7-8H2,1H3. The first kappa shape index (κ1) is 14.3. The molecule has 0 aliphatic rings. The van der Waals surface area contributed by atoms with E-state index in [4.69, 9.17) is 0 Å². The van der Waals surface area contributed by atoms with Gasteiger partial charge in [0.2, 0.25) is 0 Å². The summed E-state index contributed by atoms with van der Waals surface area (Å²) < 4.78 is 22.9. The summed E-state index contributed by atoms with van der Waals surface area (Å²) in [5.74, 6) is -1.14. The zero-order chi connectivity index (χ0) is 13.8. The summed E-state index contributed by atoms with van der Waals surface area (Å²) >= 11 is 0. The van der Waals surface area contributed by atoms with Gasteiger partial charge in [-0.1, -0.05) is 6.92 Å². The summed E-state index contributed by atoms with van der Waals surface area (Å²) in [6, 6.07) is 4.89. The molecule has 1 aromatic carbocycles. The van der Waals surface area contributed by atoms with Gasteiger partial charge in [0.15, 0.2) is 15.6 Å². The molecular weight excluding hydrogens is 258 g/mol. The fraction of sp³-hybridized carbons (Fsp3) is 0.364. The molecular formula is C11H13NO5S. The number of ketones is 1. The number of nitrogens with zero attached hydrogens (tertiary/aromatic N) is 1. The second kappa shape index (κ2) is 5.72. The van der Waals surface area contributed by atoms with Crippen LogP contribution in [0.3, 0.4) is 0 Å². The quantitative estimate of drug-likeness (QED) is 0.445. The highest BCUT2D eigenvalue weighted by Crippen LogP contribution is 2.13. The fourth-order valence-corrected chi connectivity index (χ4v) is 2.77. The third-order valence-electron chi connectivity index (χ3n) is 2.27. The Kier molecular flexibility index (Phi) is 4.55. The van der Waals surface area contributed by atoms with E-state index in [1.807, 2.05) is 0 Å². The molecule has 0 unspecified atom stereocenters. The van der Waals surface area contributed by atoms with Crippen molar-refractivity contribution in [1.82, 2.24) is 0 Å². The highest BCUT2D eigenvalue weighted by Gasteiger charge is 2.17. The van der Waals surface area contributed by atoms with Gasteiger partial charge in [0, 0.05) is 17.7 Å². The highest BCUT2D eigenvalue weighted by molar-refractivity contribution is 7.92. The summed E-state index contributed by atoms with van der Waals surface area (Å²) in [5.41, 5.74) is 0.0308. The molecule has 0 atom stereocenters. The first-order chi connectivity index (χ1) is 8.35. The summed E-state index contributed by atoms with van der Waals surface area (Å²) in [6.07, 6.45) is 0.454. The lowest BCUT2D eigenvalue weighted by molar-refractivity contribution is -0.384. The lowest BCUT2D eigenvalue weighted by Crippen LogP contribution is -2.18. The van der Waals surface area contributed by atoms with Gasteiger partial charge in [-0.15, -0.1) is 0 Å². The Balaban J connectivity index is 2.82. The number of non-ortho nitro benzene ring substituents is 1. The maximum atomic E-state index is 11.7. The monoisotopic (exact) mass is 271 g/mol. The van der Waals surface area contributed by atoms with Crippen molar-refractivity contribution >= 4 is 21.3 Å². The molecule has 0 bridgehead atoms. The minimum atomic E-state index is -3.39. The lowest BCUT2D eigenvalue weighted by Gasteiger charge is -2.02. The number of hydrogen-bond donors (Lipinski definition) is 0. The van der Waals surface area contributed by atoms with Crippen LogP contribution in [0, 0.1) is 10.1 Å². The van der Waals surface area contributed by atoms with Crippen LogP contribution in [0.4, 0.5) is 5.69 Å². The molecule has 0 radical (unpaired) electrons. The normalized spacial score (nSPS) is 11.2. The molecule has 0 saturated heterocycles. The molecule has 0 amide bonds. The zero-order valence-corrected chi connectivity index (χ0v) is 10.6. The van der Waals surface area contributed by atoms with Gasteiger partial charge in [-0.25, -0.2) is 8.42 Å². The van der Waals surface area contributed by atoms with Gasteiger partial charge in [0.05, 0.1) is 10.7 Å². The molecule has 7 heteroatoms. The Bertz CT molecular complexity index is 547. The molecule has 0 aromatic heterocycles. The maximum Gasteiger partial charge on any atom is 0.269 e. The molecule has 0 aliphatic heterocycles. The number of carbonyl (C=O) groups is 1. The summed E-state index contributed by atoms with van der Waals surface area (Å²) in [5, 5.41) is 10.4. The van der Waals surface area contributed by atoms with Crippen molar-refractivity contribution in [2.45, 2.75) is 13.3 Å². The Labute approximate surface area is 105 Å². The van der Waals surface area contributed by atoms with Crippen LogP contribution in [0.25, 0.3) is 0 Å². The molecule has 0 spiro atoms. The van der Waals surface area contributed by atoms with Crippen LogP contribution >= 0.6 is 0 Å². The van der Waals surface area contributed by atoms with Gasteiger partial charge in [0.25, 0.3) is 5.69 Å². The van der Waals surface area contributed by atoms with Crippen LogP contribution in [0.15, 0.2) is 24.3 Å².